The molecule has 2 rings (SSSR count). The van der Waals surface area contributed by atoms with Crippen LogP contribution in [0.1, 0.15) is 38.1 Å². The van der Waals surface area contributed by atoms with Gasteiger partial charge < -0.3 is 10.1 Å². The van der Waals surface area contributed by atoms with Gasteiger partial charge in [-0.1, -0.05) is 18.5 Å². The smallest absolute Gasteiger partial charge is 0.0850 e. The highest BCUT2D eigenvalue weighted by Crippen LogP contribution is 2.27. The Kier molecular flexibility index (Phi) is 5.87. The molecule has 1 aromatic heterocycles. The van der Waals surface area contributed by atoms with Gasteiger partial charge >= 0.3 is 0 Å². The van der Waals surface area contributed by atoms with Gasteiger partial charge in [-0.2, -0.15) is 5.10 Å². The summed E-state index contributed by atoms with van der Waals surface area (Å²) in [5.41, 5.74) is 2.20. The Morgan fingerprint density at radius 1 is 1.40 bits per heavy atom. The molecule has 5 heteroatoms. The van der Waals surface area contributed by atoms with E-state index >= 15 is 0 Å². The molecule has 20 heavy (non-hydrogen) atoms. The third kappa shape index (κ3) is 3.35. The zero-order valence-electron chi connectivity index (χ0n) is 12.8. The van der Waals surface area contributed by atoms with Crippen molar-refractivity contribution in [2.75, 3.05) is 20.3 Å². The van der Waals surface area contributed by atoms with Crippen LogP contribution < -0.4 is 5.32 Å². The lowest BCUT2D eigenvalue weighted by atomic mass is 9.89. The van der Waals surface area contributed by atoms with Crippen molar-refractivity contribution in [2.24, 2.45) is 5.92 Å². The van der Waals surface area contributed by atoms with Crippen LogP contribution in [0, 0.1) is 5.92 Å². The zero-order chi connectivity index (χ0) is 14.5. The molecule has 1 unspecified atom stereocenters. The summed E-state index contributed by atoms with van der Waals surface area (Å²) in [5, 5.41) is 8.94. The summed E-state index contributed by atoms with van der Waals surface area (Å²) in [7, 11) is 2.04. The van der Waals surface area contributed by atoms with Crippen molar-refractivity contribution in [3.63, 3.8) is 0 Å². The highest BCUT2D eigenvalue weighted by atomic mass is 35.5. The summed E-state index contributed by atoms with van der Waals surface area (Å²) in [4.78, 5) is 0. The molecule has 1 fully saturated rings. The average molecular weight is 300 g/mol. The van der Waals surface area contributed by atoms with E-state index in [0.717, 1.165) is 56.2 Å². The first-order valence-corrected chi connectivity index (χ1v) is 8.08. The lowest BCUT2D eigenvalue weighted by Gasteiger charge is -2.30. The number of likely N-dealkylation sites (N-methyl/N-ethyl adjacent to an activating group) is 1. The minimum Gasteiger partial charge on any atom is -0.381 e. The second kappa shape index (κ2) is 7.43. The Bertz CT molecular complexity index is 427. The van der Waals surface area contributed by atoms with E-state index in [0.29, 0.717) is 12.0 Å². The minimum absolute atomic E-state index is 0.447. The van der Waals surface area contributed by atoms with E-state index in [2.05, 4.69) is 28.9 Å². The molecule has 2 heterocycles. The number of hydrogen-bond donors (Lipinski definition) is 1. The van der Waals surface area contributed by atoms with E-state index in [9.17, 15) is 0 Å². The Morgan fingerprint density at radius 2 is 2.10 bits per heavy atom. The molecule has 1 saturated heterocycles. The monoisotopic (exact) mass is 299 g/mol. The number of nitrogens with one attached hydrogen (secondary N) is 1. The quantitative estimate of drug-likeness (QED) is 0.878. The number of hydrogen-bond acceptors (Lipinski definition) is 3. The number of ether oxygens (including phenoxy) is 1. The van der Waals surface area contributed by atoms with Crippen molar-refractivity contribution < 1.29 is 4.74 Å². The first-order valence-electron chi connectivity index (χ1n) is 7.70. The van der Waals surface area contributed by atoms with Crippen LogP contribution in [0.4, 0.5) is 0 Å². The molecule has 0 amide bonds. The Morgan fingerprint density at radius 3 is 2.65 bits per heavy atom. The van der Waals surface area contributed by atoms with Crippen LogP contribution in [0.25, 0.3) is 0 Å². The van der Waals surface area contributed by atoms with E-state index in [1.165, 1.54) is 5.69 Å². The van der Waals surface area contributed by atoms with Gasteiger partial charge in [-0.3, -0.25) is 4.68 Å². The fourth-order valence-corrected chi connectivity index (χ4v) is 3.39. The van der Waals surface area contributed by atoms with Crippen LogP contribution in [0.3, 0.4) is 0 Å². The maximum Gasteiger partial charge on any atom is 0.0850 e. The van der Waals surface area contributed by atoms with Crippen molar-refractivity contribution in [2.45, 2.75) is 52.1 Å². The van der Waals surface area contributed by atoms with Gasteiger partial charge in [0.15, 0.2) is 0 Å². The molecule has 0 spiro atoms. The van der Waals surface area contributed by atoms with Gasteiger partial charge in [-0.05, 0) is 39.2 Å². The van der Waals surface area contributed by atoms with Gasteiger partial charge in [0.2, 0.25) is 0 Å². The molecule has 0 bridgehead atoms. The third-order valence-corrected chi connectivity index (χ3v) is 4.75. The Hall–Kier alpha value is -0.580. The molecule has 1 atom stereocenters. The van der Waals surface area contributed by atoms with E-state index < -0.39 is 0 Å². The van der Waals surface area contributed by atoms with Gasteiger partial charge in [-0.15, -0.1) is 0 Å². The molecule has 1 N–H and O–H groups in total. The van der Waals surface area contributed by atoms with Crippen molar-refractivity contribution in [1.29, 1.82) is 0 Å². The van der Waals surface area contributed by atoms with E-state index in [4.69, 9.17) is 16.3 Å². The van der Waals surface area contributed by atoms with Crippen molar-refractivity contribution >= 4 is 11.6 Å². The van der Waals surface area contributed by atoms with E-state index in [1.807, 2.05) is 7.05 Å². The molecular weight excluding hydrogens is 274 g/mol. The molecule has 1 aromatic rings. The number of halogens is 1. The Labute approximate surface area is 126 Å². The summed E-state index contributed by atoms with van der Waals surface area (Å²) < 4.78 is 7.52. The lowest BCUT2D eigenvalue weighted by Crippen LogP contribution is -2.39. The molecule has 0 aliphatic carbocycles. The standard InChI is InChI=1S/C15H26ClN3O/c1-4-12-15(16)14(19(5-2)18-12)10-13(17-3)11-6-8-20-9-7-11/h11,13,17H,4-10H2,1-3H3. The molecule has 0 aromatic carbocycles. The Balaban J connectivity index is 2.15. The predicted octanol–water partition coefficient (Wildman–Crippen LogP) is 2.68. The van der Waals surface area contributed by atoms with E-state index in [1.54, 1.807) is 0 Å². The van der Waals surface area contributed by atoms with Gasteiger partial charge in [0.1, 0.15) is 0 Å². The van der Waals surface area contributed by atoms with Crippen LogP contribution in [-0.4, -0.2) is 36.1 Å². The number of rotatable bonds is 6. The summed E-state index contributed by atoms with van der Waals surface area (Å²) in [6, 6.07) is 0.447. The van der Waals surface area contributed by atoms with Crippen molar-refractivity contribution in [3.05, 3.63) is 16.4 Å². The molecule has 1 aliphatic rings. The summed E-state index contributed by atoms with van der Waals surface area (Å²) in [6.45, 7) is 6.86. The number of aromatic nitrogens is 2. The number of aryl methyl sites for hydroxylation is 2. The van der Waals surface area contributed by atoms with Crippen LogP contribution in [0.5, 0.6) is 0 Å². The second-order valence-electron chi connectivity index (χ2n) is 5.43. The first-order chi connectivity index (χ1) is 9.71. The highest BCUT2D eigenvalue weighted by Gasteiger charge is 2.26. The average Bonchev–Trinajstić information content (AvgIpc) is 2.81. The molecule has 0 radical (unpaired) electrons. The van der Waals surface area contributed by atoms with E-state index in [-0.39, 0.29) is 0 Å². The van der Waals surface area contributed by atoms with Gasteiger partial charge in [-0.25, -0.2) is 0 Å². The molecule has 0 saturated carbocycles. The molecular formula is C15H26ClN3O. The predicted molar refractivity (Wildman–Crippen MR) is 82.4 cm³/mol. The highest BCUT2D eigenvalue weighted by molar-refractivity contribution is 6.31. The zero-order valence-corrected chi connectivity index (χ0v) is 13.5. The maximum absolute atomic E-state index is 6.51. The van der Waals surface area contributed by atoms with Crippen LogP contribution in [-0.2, 0) is 24.1 Å². The van der Waals surface area contributed by atoms with Gasteiger partial charge in [0.05, 0.1) is 16.4 Å². The summed E-state index contributed by atoms with van der Waals surface area (Å²) in [6.07, 6.45) is 4.09. The topological polar surface area (TPSA) is 39.1 Å². The molecule has 114 valence electrons. The SMILES string of the molecule is CCc1nn(CC)c(CC(NC)C2CCOCC2)c1Cl. The normalized spacial score (nSPS) is 18.4. The third-order valence-electron chi connectivity index (χ3n) is 4.31. The first kappa shape index (κ1) is 15.8. The van der Waals surface area contributed by atoms with Crippen molar-refractivity contribution in [3.8, 4) is 0 Å². The van der Waals surface area contributed by atoms with Gasteiger partial charge in [0, 0.05) is 32.2 Å². The fourth-order valence-electron chi connectivity index (χ4n) is 3.04. The summed E-state index contributed by atoms with van der Waals surface area (Å²) >= 11 is 6.51. The number of nitrogens with zero attached hydrogens (tertiary/aromatic N) is 2. The largest absolute Gasteiger partial charge is 0.381 e. The van der Waals surface area contributed by atoms with Crippen molar-refractivity contribution in [1.82, 2.24) is 15.1 Å². The maximum atomic E-state index is 6.51. The molecule has 1 aliphatic heterocycles. The van der Waals surface area contributed by atoms with Gasteiger partial charge in [0.25, 0.3) is 0 Å². The van der Waals surface area contributed by atoms with Crippen LogP contribution in [0.2, 0.25) is 5.02 Å². The van der Waals surface area contributed by atoms with Crippen LogP contribution >= 0.6 is 11.6 Å². The minimum atomic E-state index is 0.447. The summed E-state index contributed by atoms with van der Waals surface area (Å²) in [5.74, 6) is 0.662. The van der Waals surface area contributed by atoms with Crippen LogP contribution in [0.15, 0.2) is 0 Å². The second-order valence-corrected chi connectivity index (χ2v) is 5.80. The fraction of sp³-hybridized carbons (Fsp3) is 0.800. The lowest BCUT2D eigenvalue weighted by molar-refractivity contribution is 0.0545. The molecule has 4 nitrogen and oxygen atoms in total.